The Kier molecular flexibility index (Phi) is 6.21. The third-order valence-corrected chi connectivity index (χ3v) is 4.16. The summed E-state index contributed by atoms with van der Waals surface area (Å²) in [4.78, 5) is 11.9. The number of benzene rings is 2. The van der Waals surface area contributed by atoms with Gasteiger partial charge < -0.3 is 9.47 Å². The van der Waals surface area contributed by atoms with Crippen molar-refractivity contribution in [1.29, 1.82) is 0 Å². The summed E-state index contributed by atoms with van der Waals surface area (Å²) in [5.41, 5.74) is 1.17. The molecule has 128 valence electrons. The molecular formula is C19H20ClFO3. The maximum Gasteiger partial charge on any atom is 0.313 e. The molecular weight excluding hydrogens is 331 g/mol. The van der Waals surface area contributed by atoms with E-state index in [1.165, 1.54) is 13.2 Å². The van der Waals surface area contributed by atoms with Crippen LogP contribution in [0.2, 0.25) is 5.02 Å². The van der Waals surface area contributed by atoms with E-state index < -0.39 is 5.82 Å². The molecule has 0 aromatic heterocycles. The Balaban J connectivity index is 2.10. The Hall–Kier alpha value is -2.07. The smallest absolute Gasteiger partial charge is 0.313 e. The zero-order chi connectivity index (χ0) is 17.7. The number of rotatable bonds is 6. The zero-order valence-electron chi connectivity index (χ0n) is 13.9. The summed E-state index contributed by atoms with van der Waals surface area (Å²) in [6.07, 6.45) is 0. The van der Waals surface area contributed by atoms with Gasteiger partial charge >= 0.3 is 5.97 Å². The Morgan fingerprint density at radius 2 is 1.83 bits per heavy atom. The lowest BCUT2D eigenvalue weighted by molar-refractivity contribution is -0.143. The summed E-state index contributed by atoms with van der Waals surface area (Å²) >= 11 is 5.98. The number of hydrogen-bond donors (Lipinski definition) is 0. The van der Waals surface area contributed by atoms with Crippen molar-refractivity contribution in [1.82, 2.24) is 0 Å². The first-order valence-corrected chi connectivity index (χ1v) is 8.05. The van der Waals surface area contributed by atoms with Crippen LogP contribution in [0.4, 0.5) is 4.39 Å². The Bertz CT molecular complexity index is 678. The fourth-order valence-electron chi connectivity index (χ4n) is 2.52. The zero-order valence-corrected chi connectivity index (χ0v) is 14.6. The van der Waals surface area contributed by atoms with Crippen LogP contribution in [0.15, 0.2) is 42.5 Å². The number of carbonyl (C=O) groups excluding carboxylic acids is 1. The van der Waals surface area contributed by atoms with E-state index in [9.17, 15) is 9.18 Å². The molecule has 5 heteroatoms. The minimum atomic E-state index is -0.398. The molecule has 0 bridgehead atoms. The molecule has 0 saturated carbocycles. The van der Waals surface area contributed by atoms with Crippen LogP contribution in [-0.4, -0.2) is 13.1 Å². The predicted molar refractivity (Wildman–Crippen MR) is 91.8 cm³/mol. The van der Waals surface area contributed by atoms with Crippen molar-refractivity contribution in [3.05, 3.63) is 64.4 Å². The van der Waals surface area contributed by atoms with Gasteiger partial charge in [0, 0.05) is 5.56 Å². The van der Waals surface area contributed by atoms with Gasteiger partial charge in [0.05, 0.1) is 18.1 Å². The maximum absolute atomic E-state index is 13.7. The molecule has 0 N–H and O–H groups in total. The minimum Gasteiger partial charge on any atom is -0.489 e. The predicted octanol–water partition coefficient (Wildman–Crippen LogP) is 4.97. The van der Waals surface area contributed by atoms with Crippen LogP contribution in [0.3, 0.4) is 0 Å². The standard InChI is InChI=1S/C19H20ClFO3/c1-12(2)18(19(22)23-3)13-7-9-14(10-8-13)24-11-15-16(20)5-4-6-17(15)21/h4-10,12,18H,11H2,1-3H3/t18-/m1/s1. The first-order valence-electron chi connectivity index (χ1n) is 7.67. The summed E-state index contributed by atoms with van der Waals surface area (Å²) < 4.78 is 24.2. The highest BCUT2D eigenvalue weighted by Crippen LogP contribution is 2.28. The maximum atomic E-state index is 13.7. The summed E-state index contributed by atoms with van der Waals surface area (Å²) in [5, 5.41) is 0.331. The van der Waals surface area contributed by atoms with Gasteiger partial charge in [0.15, 0.2) is 0 Å². The molecule has 2 aromatic rings. The highest BCUT2D eigenvalue weighted by molar-refractivity contribution is 6.31. The highest BCUT2D eigenvalue weighted by atomic mass is 35.5. The first-order chi connectivity index (χ1) is 11.4. The van der Waals surface area contributed by atoms with Gasteiger partial charge in [0.1, 0.15) is 18.2 Å². The summed E-state index contributed by atoms with van der Waals surface area (Å²) in [6, 6.07) is 11.7. The van der Waals surface area contributed by atoms with Gasteiger partial charge in [0.25, 0.3) is 0 Å². The van der Waals surface area contributed by atoms with Crippen LogP contribution in [0.1, 0.15) is 30.9 Å². The lowest BCUT2D eigenvalue weighted by Gasteiger charge is -2.19. The summed E-state index contributed by atoms with van der Waals surface area (Å²) in [5.74, 6) is -0.307. The van der Waals surface area contributed by atoms with Crippen LogP contribution in [0, 0.1) is 11.7 Å². The Morgan fingerprint density at radius 3 is 2.38 bits per heavy atom. The van der Waals surface area contributed by atoms with Crippen molar-refractivity contribution in [2.45, 2.75) is 26.4 Å². The third-order valence-electron chi connectivity index (χ3n) is 3.81. The fraction of sp³-hybridized carbons (Fsp3) is 0.316. The van der Waals surface area contributed by atoms with E-state index >= 15 is 0 Å². The average Bonchev–Trinajstić information content (AvgIpc) is 2.55. The number of carbonyl (C=O) groups is 1. The second-order valence-electron chi connectivity index (χ2n) is 5.80. The molecule has 0 saturated heterocycles. The average molecular weight is 351 g/mol. The molecule has 0 spiro atoms. The van der Waals surface area contributed by atoms with Crippen LogP contribution >= 0.6 is 11.6 Å². The largest absolute Gasteiger partial charge is 0.489 e. The van der Waals surface area contributed by atoms with Gasteiger partial charge in [-0.2, -0.15) is 0 Å². The molecule has 0 heterocycles. The number of ether oxygens (including phenoxy) is 2. The molecule has 0 aliphatic carbocycles. The van der Waals surface area contributed by atoms with Crippen molar-refractivity contribution < 1.29 is 18.7 Å². The minimum absolute atomic E-state index is 0.0372. The van der Waals surface area contributed by atoms with E-state index in [1.54, 1.807) is 24.3 Å². The van der Waals surface area contributed by atoms with Crippen LogP contribution in [0.5, 0.6) is 5.75 Å². The fourth-order valence-corrected chi connectivity index (χ4v) is 2.73. The van der Waals surface area contributed by atoms with Gasteiger partial charge in [-0.15, -0.1) is 0 Å². The normalized spacial score (nSPS) is 12.1. The van der Waals surface area contributed by atoms with Crippen LogP contribution < -0.4 is 4.74 Å². The van der Waals surface area contributed by atoms with E-state index in [2.05, 4.69) is 0 Å². The highest BCUT2D eigenvalue weighted by Gasteiger charge is 2.24. The van der Waals surface area contributed by atoms with Crippen molar-refractivity contribution in [2.24, 2.45) is 5.92 Å². The Labute approximate surface area is 146 Å². The van der Waals surface area contributed by atoms with Gasteiger partial charge in [-0.1, -0.05) is 43.6 Å². The van der Waals surface area contributed by atoms with Crippen LogP contribution in [-0.2, 0) is 16.1 Å². The monoisotopic (exact) mass is 350 g/mol. The summed E-state index contributed by atoms with van der Waals surface area (Å²) in [6.45, 7) is 3.97. The van der Waals surface area contributed by atoms with Gasteiger partial charge in [-0.25, -0.2) is 4.39 Å². The number of hydrogen-bond acceptors (Lipinski definition) is 3. The van der Waals surface area contributed by atoms with E-state index in [1.807, 2.05) is 26.0 Å². The molecule has 3 nitrogen and oxygen atoms in total. The second kappa shape index (κ2) is 8.15. The molecule has 2 aromatic carbocycles. The number of halogens is 2. The molecule has 0 aliphatic rings. The van der Waals surface area contributed by atoms with E-state index in [0.29, 0.717) is 16.3 Å². The number of esters is 1. The van der Waals surface area contributed by atoms with Gasteiger partial charge in [-0.05, 0) is 35.7 Å². The van der Waals surface area contributed by atoms with Crippen LogP contribution in [0.25, 0.3) is 0 Å². The Morgan fingerprint density at radius 1 is 1.17 bits per heavy atom. The molecule has 0 amide bonds. The van der Waals surface area contributed by atoms with E-state index in [-0.39, 0.29) is 24.4 Å². The molecule has 0 unspecified atom stereocenters. The number of methoxy groups -OCH3 is 1. The third kappa shape index (κ3) is 4.26. The molecule has 0 aliphatic heterocycles. The summed E-state index contributed by atoms with van der Waals surface area (Å²) in [7, 11) is 1.38. The van der Waals surface area contributed by atoms with Crippen molar-refractivity contribution >= 4 is 17.6 Å². The van der Waals surface area contributed by atoms with E-state index in [4.69, 9.17) is 21.1 Å². The molecule has 1 atom stereocenters. The van der Waals surface area contributed by atoms with Gasteiger partial charge in [0.2, 0.25) is 0 Å². The second-order valence-corrected chi connectivity index (χ2v) is 6.21. The SMILES string of the molecule is COC(=O)[C@@H](c1ccc(OCc2c(F)cccc2Cl)cc1)C(C)C. The van der Waals surface area contributed by atoms with Crippen molar-refractivity contribution in [3.63, 3.8) is 0 Å². The first kappa shape index (κ1) is 18.3. The van der Waals surface area contributed by atoms with Crippen molar-refractivity contribution in [2.75, 3.05) is 7.11 Å². The van der Waals surface area contributed by atoms with Gasteiger partial charge in [-0.3, -0.25) is 4.79 Å². The molecule has 24 heavy (non-hydrogen) atoms. The topological polar surface area (TPSA) is 35.5 Å². The quantitative estimate of drug-likeness (QED) is 0.690. The lowest BCUT2D eigenvalue weighted by Crippen LogP contribution is -2.19. The van der Waals surface area contributed by atoms with Crippen molar-refractivity contribution in [3.8, 4) is 5.75 Å². The van der Waals surface area contributed by atoms with E-state index in [0.717, 1.165) is 5.56 Å². The molecule has 0 radical (unpaired) electrons. The molecule has 0 fully saturated rings. The lowest BCUT2D eigenvalue weighted by atomic mass is 9.88. The molecule has 2 rings (SSSR count).